The topological polar surface area (TPSA) is 44.5 Å². The summed E-state index contributed by atoms with van der Waals surface area (Å²) in [6, 6.07) is 7.78. The zero-order valence-electron chi connectivity index (χ0n) is 11.5. The minimum atomic E-state index is 0.450. The zero-order chi connectivity index (χ0) is 13.5. The smallest absolute Gasteiger partial charge is 0.161 e. The van der Waals surface area contributed by atoms with Gasteiger partial charge < -0.3 is 15.2 Å². The summed E-state index contributed by atoms with van der Waals surface area (Å²) in [5, 5.41) is 0. The Morgan fingerprint density at radius 3 is 2.58 bits per heavy atom. The van der Waals surface area contributed by atoms with E-state index in [1.165, 1.54) is 24.3 Å². The molecule has 2 rings (SSSR count). The van der Waals surface area contributed by atoms with E-state index in [9.17, 15) is 0 Å². The highest BCUT2D eigenvalue weighted by Crippen LogP contribution is 2.31. The summed E-state index contributed by atoms with van der Waals surface area (Å²) >= 11 is 2.05. The fourth-order valence-electron chi connectivity index (χ4n) is 2.52. The average Bonchev–Trinajstić information content (AvgIpc) is 2.49. The number of nitrogens with two attached hydrogens (primary N) is 1. The number of hydrogen-bond donors (Lipinski definition) is 1. The van der Waals surface area contributed by atoms with Gasteiger partial charge in [0, 0.05) is 5.92 Å². The van der Waals surface area contributed by atoms with Gasteiger partial charge in [-0.2, -0.15) is 11.8 Å². The van der Waals surface area contributed by atoms with E-state index >= 15 is 0 Å². The summed E-state index contributed by atoms with van der Waals surface area (Å²) in [7, 11) is 1.67. The maximum absolute atomic E-state index is 5.92. The lowest BCUT2D eigenvalue weighted by Gasteiger charge is -2.29. The number of thioether (sulfide) groups is 1. The number of benzene rings is 1. The summed E-state index contributed by atoms with van der Waals surface area (Å²) in [6.45, 7) is 1.39. The molecule has 0 bridgehead atoms. The van der Waals surface area contributed by atoms with E-state index in [1.807, 2.05) is 36.0 Å². The lowest BCUT2D eigenvalue weighted by atomic mass is 9.88. The van der Waals surface area contributed by atoms with Crippen LogP contribution in [0.25, 0.3) is 0 Å². The van der Waals surface area contributed by atoms with Crippen molar-refractivity contribution in [2.75, 3.05) is 31.8 Å². The molecule has 1 saturated heterocycles. The maximum Gasteiger partial charge on any atom is 0.161 e. The first-order valence-electron chi connectivity index (χ1n) is 6.88. The minimum absolute atomic E-state index is 0.450. The molecule has 4 heteroatoms. The Hall–Kier alpha value is -0.870. The molecule has 0 amide bonds. The predicted octanol–water partition coefficient (Wildman–Crippen LogP) is 2.79. The van der Waals surface area contributed by atoms with Crippen molar-refractivity contribution >= 4 is 11.8 Å². The number of methoxy groups -OCH3 is 1. The Morgan fingerprint density at radius 2 is 1.95 bits per heavy atom. The minimum Gasteiger partial charge on any atom is -0.493 e. The monoisotopic (exact) mass is 281 g/mol. The van der Waals surface area contributed by atoms with Crippen LogP contribution in [0.1, 0.15) is 12.8 Å². The first-order chi connectivity index (χ1) is 9.35. The van der Waals surface area contributed by atoms with Crippen LogP contribution in [-0.4, -0.2) is 31.8 Å². The van der Waals surface area contributed by atoms with E-state index in [-0.39, 0.29) is 0 Å². The van der Waals surface area contributed by atoms with Crippen molar-refractivity contribution < 1.29 is 9.47 Å². The van der Waals surface area contributed by atoms with Crippen LogP contribution in [0.4, 0.5) is 0 Å². The SMILES string of the molecule is COc1ccccc1OCC(CN)C1CCSCC1. The van der Waals surface area contributed by atoms with Gasteiger partial charge in [0.15, 0.2) is 11.5 Å². The lowest BCUT2D eigenvalue weighted by molar-refractivity contribution is 0.185. The maximum atomic E-state index is 5.92. The Morgan fingerprint density at radius 1 is 1.26 bits per heavy atom. The molecule has 1 fully saturated rings. The van der Waals surface area contributed by atoms with Crippen LogP contribution in [0.5, 0.6) is 11.5 Å². The van der Waals surface area contributed by atoms with Crippen molar-refractivity contribution in [1.82, 2.24) is 0 Å². The molecule has 1 atom stereocenters. The Kier molecular flexibility index (Phi) is 5.86. The Balaban J connectivity index is 1.91. The second-order valence-electron chi connectivity index (χ2n) is 4.91. The molecule has 19 heavy (non-hydrogen) atoms. The molecule has 1 unspecified atom stereocenters. The molecule has 2 N–H and O–H groups in total. The van der Waals surface area contributed by atoms with Crippen LogP contribution in [0, 0.1) is 11.8 Å². The molecule has 1 aliphatic heterocycles. The van der Waals surface area contributed by atoms with Gasteiger partial charge in [-0.1, -0.05) is 12.1 Å². The summed E-state index contributed by atoms with van der Waals surface area (Å²) in [4.78, 5) is 0. The van der Waals surface area contributed by atoms with E-state index in [1.54, 1.807) is 7.11 Å². The van der Waals surface area contributed by atoms with Gasteiger partial charge in [-0.3, -0.25) is 0 Å². The third kappa shape index (κ3) is 4.05. The normalized spacial score (nSPS) is 18.0. The fourth-order valence-corrected chi connectivity index (χ4v) is 3.66. The molecular weight excluding hydrogens is 258 g/mol. The van der Waals surface area contributed by atoms with Crippen LogP contribution in [0.15, 0.2) is 24.3 Å². The largest absolute Gasteiger partial charge is 0.493 e. The first-order valence-corrected chi connectivity index (χ1v) is 8.04. The summed E-state index contributed by atoms with van der Waals surface area (Å²) in [5.74, 6) is 5.28. The third-order valence-corrected chi connectivity index (χ3v) is 4.81. The summed E-state index contributed by atoms with van der Waals surface area (Å²) in [6.07, 6.45) is 2.53. The van der Waals surface area contributed by atoms with Crippen molar-refractivity contribution in [3.63, 3.8) is 0 Å². The molecule has 1 heterocycles. The number of rotatable bonds is 6. The number of hydrogen-bond acceptors (Lipinski definition) is 4. The van der Waals surface area contributed by atoms with Gasteiger partial charge in [0.2, 0.25) is 0 Å². The van der Waals surface area contributed by atoms with E-state index in [0.29, 0.717) is 25.0 Å². The van der Waals surface area contributed by atoms with Gasteiger partial charge in [0.05, 0.1) is 13.7 Å². The van der Waals surface area contributed by atoms with Crippen LogP contribution >= 0.6 is 11.8 Å². The van der Waals surface area contributed by atoms with Crippen molar-refractivity contribution in [3.8, 4) is 11.5 Å². The molecule has 0 spiro atoms. The first kappa shape index (κ1) is 14.5. The average molecular weight is 281 g/mol. The molecule has 3 nitrogen and oxygen atoms in total. The van der Waals surface area contributed by atoms with Gasteiger partial charge in [-0.15, -0.1) is 0 Å². The highest BCUT2D eigenvalue weighted by molar-refractivity contribution is 7.99. The molecule has 0 radical (unpaired) electrons. The summed E-state index contributed by atoms with van der Waals surface area (Å²) in [5.41, 5.74) is 5.92. The van der Waals surface area contributed by atoms with Gasteiger partial charge >= 0.3 is 0 Å². The molecule has 0 aromatic heterocycles. The van der Waals surface area contributed by atoms with Gasteiger partial charge in [0.1, 0.15) is 0 Å². The second-order valence-corrected chi connectivity index (χ2v) is 6.13. The van der Waals surface area contributed by atoms with Crippen molar-refractivity contribution in [3.05, 3.63) is 24.3 Å². The van der Waals surface area contributed by atoms with E-state index in [2.05, 4.69) is 0 Å². The van der Waals surface area contributed by atoms with Crippen molar-refractivity contribution in [2.24, 2.45) is 17.6 Å². The van der Waals surface area contributed by atoms with Gasteiger partial charge in [0.25, 0.3) is 0 Å². The molecule has 1 aromatic carbocycles. The quantitative estimate of drug-likeness (QED) is 0.871. The molecule has 0 saturated carbocycles. The second kappa shape index (κ2) is 7.65. The van der Waals surface area contributed by atoms with E-state index in [0.717, 1.165) is 11.5 Å². The fraction of sp³-hybridized carbons (Fsp3) is 0.600. The number of ether oxygens (including phenoxy) is 2. The van der Waals surface area contributed by atoms with Crippen molar-refractivity contribution in [1.29, 1.82) is 0 Å². The molecule has 1 aliphatic rings. The Labute approximate surface area is 119 Å². The predicted molar refractivity (Wildman–Crippen MR) is 81.1 cm³/mol. The zero-order valence-corrected chi connectivity index (χ0v) is 12.3. The van der Waals surface area contributed by atoms with E-state index < -0.39 is 0 Å². The Bertz CT molecular complexity index is 380. The van der Waals surface area contributed by atoms with Crippen molar-refractivity contribution in [2.45, 2.75) is 12.8 Å². The lowest BCUT2D eigenvalue weighted by Crippen LogP contribution is -2.31. The van der Waals surface area contributed by atoms with E-state index in [4.69, 9.17) is 15.2 Å². The third-order valence-electron chi connectivity index (χ3n) is 3.76. The van der Waals surface area contributed by atoms with Crippen LogP contribution < -0.4 is 15.2 Å². The van der Waals surface area contributed by atoms with Gasteiger partial charge in [-0.05, 0) is 48.9 Å². The van der Waals surface area contributed by atoms with Crippen LogP contribution in [-0.2, 0) is 0 Å². The highest BCUT2D eigenvalue weighted by Gasteiger charge is 2.23. The molecule has 1 aromatic rings. The summed E-state index contributed by atoms with van der Waals surface area (Å²) < 4.78 is 11.2. The van der Waals surface area contributed by atoms with Crippen LogP contribution in [0.2, 0.25) is 0 Å². The highest BCUT2D eigenvalue weighted by atomic mass is 32.2. The molecular formula is C15H23NO2S. The molecule has 0 aliphatic carbocycles. The number of para-hydroxylation sites is 2. The van der Waals surface area contributed by atoms with Crippen LogP contribution in [0.3, 0.4) is 0 Å². The standard InChI is InChI=1S/C15H23NO2S/c1-17-14-4-2-3-5-15(14)18-11-13(10-16)12-6-8-19-9-7-12/h2-5,12-13H,6-11,16H2,1H3. The molecule has 106 valence electrons. The van der Waals surface area contributed by atoms with Gasteiger partial charge in [-0.25, -0.2) is 0 Å².